The molecule has 0 aliphatic heterocycles. The highest BCUT2D eigenvalue weighted by Gasteiger charge is 2.06. The fraction of sp³-hybridized carbons (Fsp3) is 0. The molecule has 16 heavy (non-hydrogen) atoms. The van der Waals surface area contributed by atoms with Crippen molar-refractivity contribution >= 4 is 15.9 Å². The van der Waals surface area contributed by atoms with Gasteiger partial charge in [0.05, 0.1) is 4.47 Å². The van der Waals surface area contributed by atoms with Crippen molar-refractivity contribution in [2.75, 3.05) is 0 Å². The van der Waals surface area contributed by atoms with Gasteiger partial charge in [0, 0.05) is 6.20 Å². The molecule has 0 N–H and O–H groups in total. The summed E-state index contributed by atoms with van der Waals surface area (Å²) >= 11 is 3.36. The standard InChI is InChI=1S/C12H7BrN2O/c13-10-5-1-2-6-11(10)16-12-9(8-14)4-3-7-15-12/h1-7H. The summed E-state index contributed by atoms with van der Waals surface area (Å²) in [6, 6.07) is 12.8. The zero-order valence-electron chi connectivity index (χ0n) is 8.22. The number of nitrogens with zero attached hydrogens (tertiary/aromatic N) is 2. The van der Waals surface area contributed by atoms with Crippen LogP contribution in [-0.2, 0) is 0 Å². The summed E-state index contributed by atoms with van der Waals surface area (Å²) in [5.74, 6) is 0.953. The molecule has 0 radical (unpaired) electrons. The Labute approximate surface area is 101 Å². The van der Waals surface area contributed by atoms with Crippen LogP contribution in [-0.4, -0.2) is 4.98 Å². The summed E-state index contributed by atoms with van der Waals surface area (Å²) < 4.78 is 6.37. The van der Waals surface area contributed by atoms with Crippen molar-refractivity contribution in [3.8, 4) is 17.7 Å². The van der Waals surface area contributed by atoms with Crippen molar-refractivity contribution in [1.29, 1.82) is 5.26 Å². The third kappa shape index (κ3) is 2.20. The van der Waals surface area contributed by atoms with E-state index in [-0.39, 0.29) is 0 Å². The van der Waals surface area contributed by atoms with E-state index in [1.165, 1.54) is 0 Å². The van der Waals surface area contributed by atoms with Crippen LogP contribution in [0.2, 0.25) is 0 Å². The van der Waals surface area contributed by atoms with Gasteiger partial charge in [0.25, 0.3) is 0 Å². The van der Waals surface area contributed by atoms with Gasteiger partial charge in [-0.1, -0.05) is 12.1 Å². The Morgan fingerprint density at radius 3 is 2.75 bits per heavy atom. The number of para-hydroxylation sites is 1. The third-order valence-electron chi connectivity index (χ3n) is 1.93. The Morgan fingerprint density at radius 1 is 1.19 bits per heavy atom. The maximum absolute atomic E-state index is 8.88. The number of ether oxygens (including phenoxy) is 1. The Morgan fingerprint density at radius 2 is 2.00 bits per heavy atom. The van der Waals surface area contributed by atoms with E-state index in [4.69, 9.17) is 10.00 Å². The molecule has 0 unspecified atom stereocenters. The van der Waals surface area contributed by atoms with Gasteiger partial charge < -0.3 is 4.74 Å². The smallest absolute Gasteiger partial charge is 0.237 e. The van der Waals surface area contributed by atoms with Crippen LogP contribution in [0.15, 0.2) is 47.1 Å². The van der Waals surface area contributed by atoms with Gasteiger partial charge in [0.15, 0.2) is 0 Å². The van der Waals surface area contributed by atoms with Crippen LogP contribution in [0.4, 0.5) is 0 Å². The highest BCUT2D eigenvalue weighted by molar-refractivity contribution is 9.10. The number of aromatic nitrogens is 1. The maximum atomic E-state index is 8.88. The summed E-state index contributed by atoms with van der Waals surface area (Å²) in [7, 11) is 0. The lowest BCUT2D eigenvalue weighted by atomic mass is 10.3. The molecule has 78 valence electrons. The molecule has 0 fully saturated rings. The largest absolute Gasteiger partial charge is 0.436 e. The van der Waals surface area contributed by atoms with Gasteiger partial charge in [-0.2, -0.15) is 5.26 Å². The molecule has 0 saturated heterocycles. The first-order valence-electron chi connectivity index (χ1n) is 4.59. The molecule has 2 rings (SSSR count). The SMILES string of the molecule is N#Cc1cccnc1Oc1ccccc1Br. The van der Waals surface area contributed by atoms with Gasteiger partial charge in [-0.3, -0.25) is 0 Å². The minimum atomic E-state index is 0.317. The van der Waals surface area contributed by atoms with Crippen LogP contribution >= 0.6 is 15.9 Å². The van der Waals surface area contributed by atoms with Crippen molar-refractivity contribution < 1.29 is 4.74 Å². The van der Waals surface area contributed by atoms with Crippen molar-refractivity contribution in [2.24, 2.45) is 0 Å². The number of rotatable bonds is 2. The zero-order valence-corrected chi connectivity index (χ0v) is 9.81. The molecule has 0 bridgehead atoms. The van der Waals surface area contributed by atoms with Crippen molar-refractivity contribution in [2.45, 2.75) is 0 Å². The molecular formula is C12H7BrN2O. The van der Waals surface area contributed by atoms with Crippen molar-refractivity contribution in [3.63, 3.8) is 0 Å². The average Bonchev–Trinajstić information content (AvgIpc) is 2.33. The summed E-state index contributed by atoms with van der Waals surface area (Å²) in [6.07, 6.45) is 1.59. The molecular weight excluding hydrogens is 268 g/mol. The summed E-state index contributed by atoms with van der Waals surface area (Å²) in [6.45, 7) is 0. The lowest BCUT2D eigenvalue weighted by molar-refractivity contribution is 0.458. The Bertz CT molecular complexity index is 549. The summed E-state index contributed by atoms with van der Waals surface area (Å²) in [5.41, 5.74) is 0.415. The first-order chi connectivity index (χ1) is 7.81. The Balaban J connectivity index is 2.35. The van der Waals surface area contributed by atoms with Crippen LogP contribution in [0.3, 0.4) is 0 Å². The lowest BCUT2D eigenvalue weighted by Gasteiger charge is -2.06. The Hall–Kier alpha value is -1.86. The summed E-state index contributed by atoms with van der Waals surface area (Å²) in [5, 5.41) is 8.88. The second-order valence-corrected chi connectivity index (χ2v) is 3.85. The van der Waals surface area contributed by atoms with Crippen LogP contribution in [0.25, 0.3) is 0 Å². The predicted octanol–water partition coefficient (Wildman–Crippen LogP) is 3.51. The van der Waals surface area contributed by atoms with Gasteiger partial charge in [-0.25, -0.2) is 4.98 Å². The number of benzene rings is 1. The molecule has 0 aliphatic carbocycles. The topological polar surface area (TPSA) is 45.9 Å². The predicted molar refractivity (Wildman–Crippen MR) is 63.2 cm³/mol. The molecule has 4 heteroatoms. The maximum Gasteiger partial charge on any atom is 0.237 e. The highest BCUT2D eigenvalue weighted by Crippen LogP contribution is 2.29. The zero-order chi connectivity index (χ0) is 11.4. The molecule has 1 heterocycles. The van der Waals surface area contributed by atoms with E-state index < -0.39 is 0 Å². The fourth-order valence-electron chi connectivity index (χ4n) is 1.19. The number of hydrogen-bond donors (Lipinski definition) is 0. The van der Waals surface area contributed by atoms with Gasteiger partial charge >= 0.3 is 0 Å². The number of hydrogen-bond acceptors (Lipinski definition) is 3. The summed E-state index contributed by atoms with van der Waals surface area (Å²) in [4.78, 5) is 4.02. The van der Waals surface area contributed by atoms with Crippen LogP contribution in [0, 0.1) is 11.3 Å². The van der Waals surface area contributed by atoms with Crippen LogP contribution < -0.4 is 4.74 Å². The molecule has 0 spiro atoms. The number of pyridine rings is 1. The number of nitriles is 1. The van der Waals surface area contributed by atoms with Gasteiger partial charge in [-0.15, -0.1) is 0 Å². The molecule has 0 aliphatic rings. The molecule has 2 aromatic rings. The van der Waals surface area contributed by atoms with E-state index in [2.05, 4.69) is 20.9 Å². The normalized spacial score (nSPS) is 9.50. The van der Waals surface area contributed by atoms with Gasteiger partial charge in [-0.05, 0) is 40.2 Å². The fourth-order valence-corrected chi connectivity index (χ4v) is 1.55. The van der Waals surface area contributed by atoms with E-state index in [1.807, 2.05) is 24.3 Å². The van der Waals surface area contributed by atoms with E-state index in [0.29, 0.717) is 17.2 Å². The van der Waals surface area contributed by atoms with Crippen LogP contribution in [0.5, 0.6) is 11.6 Å². The quantitative estimate of drug-likeness (QED) is 0.842. The van der Waals surface area contributed by atoms with Crippen molar-refractivity contribution in [1.82, 2.24) is 4.98 Å². The molecule has 0 saturated carbocycles. The van der Waals surface area contributed by atoms with Crippen molar-refractivity contribution in [3.05, 3.63) is 52.6 Å². The second kappa shape index (κ2) is 4.77. The molecule has 0 amide bonds. The minimum absolute atomic E-state index is 0.317. The molecule has 0 atom stereocenters. The third-order valence-corrected chi connectivity index (χ3v) is 2.59. The monoisotopic (exact) mass is 274 g/mol. The average molecular weight is 275 g/mol. The molecule has 1 aromatic heterocycles. The first-order valence-corrected chi connectivity index (χ1v) is 5.38. The van der Waals surface area contributed by atoms with E-state index in [0.717, 1.165) is 4.47 Å². The van der Waals surface area contributed by atoms with E-state index in [9.17, 15) is 0 Å². The van der Waals surface area contributed by atoms with E-state index >= 15 is 0 Å². The minimum Gasteiger partial charge on any atom is -0.436 e. The molecule has 3 nitrogen and oxygen atoms in total. The van der Waals surface area contributed by atoms with E-state index in [1.54, 1.807) is 24.4 Å². The Kier molecular flexibility index (Phi) is 3.18. The lowest BCUT2D eigenvalue weighted by Crippen LogP contribution is -1.91. The second-order valence-electron chi connectivity index (χ2n) is 3.00. The number of halogens is 1. The van der Waals surface area contributed by atoms with Gasteiger partial charge in [0.2, 0.25) is 5.88 Å². The van der Waals surface area contributed by atoms with Gasteiger partial charge in [0.1, 0.15) is 17.4 Å². The highest BCUT2D eigenvalue weighted by atomic mass is 79.9. The van der Waals surface area contributed by atoms with Crippen LogP contribution in [0.1, 0.15) is 5.56 Å². The molecule has 1 aromatic carbocycles. The first kappa shape index (κ1) is 10.7.